The van der Waals surface area contributed by atoms with Gasteiger partial charge in [0.1, 0.15) is 11.5 Å². The number of benzene rings is 1. The lowest BCUT2D eigenvalue weighted by Gasteiger charge is -2.08. The minimum atomic E-state index is -0.377. The number of methoxy groups -OCH3 is 1. The Bertz CT molecular complexity index is 510. The first-order chi connectivity index (χ1) is 8.04. The predicted octanol–water partition coefficient (Wildman–Crippen LogP) is 2.14. The molecule has 0 fully saturated rings. The first-order valence-electron chi connectivity index (χ1n) is 5.12. The number of carbonyl (C=O) groups excluding carboxylic acids is 1. The monoisotopic (exact) mass is 253 g/mol. The molecule has 0 saturated carbocycles. The molecule has 0 saturated heterocycles. The second-order valence-corrected chi connectivity index (χ2v) is 4.24. The van der Waals surface area contributed by atoms with Crippen LogP contribution >= 0.6 is 11.6 Å². The second kappa shape index (κ2) is 4.30. The van der Waals surface area contributed by atoms with Crippen molar-refractivity contribution in [1.82, 2.24) is 5.32 Å². The van der Waals surface area contributed by atoms with Gasteiger partial charge in [0.25, 0.3) is 5.91 Å². The van der Waals surface area contributed by atoms with Crippen molar-refractivity contribution in [3.05, 3.63) is 34.5 Å². The van der Waals surface area contributed by atoms with Crippen LogP contribution in [0, 0.1) is 0 Å². The van der Waals surface area contributed by atoms with Crippen LogP contribution in [0.5, 0.6) is 5.75 Å². The van der Waals surface area contributed by atoms with Crippen LogP contribution in [0.1, 0.15) is 12.5 Å². The maximum absolute atomic E-state index is 11.7. The van der Waals surface area contributed by atoms with Gasteiger partial charge in [0, 0.05) is 10.6 Å². The predicted molar refractivity (Wildman–Crippen MR) is 65.2 cm³/mol. The lowest BCUT2D eigenvalue weighted by Crippen LogP contribution is -2.25. The van der Waals surface area contributed by atoms with Gasteiger partial charge in [0.05, 0.1) is 18.7 Å². The molecule has 0 spiro atoms. The summed E-state index contributed by atoms with van der Waals surface area (Å²) in [7, 11) is 1.49. The standard InChI is InChI=1S/C12H12ClNO3/c1-6-11(15)10(12(16)14-6)8-4-3-7(13)5-9(8)17-2/h3-6,15H,1-2H3,(H,14,16). The Morgan fingerprint density at radius 3 is 2.71 bits per heavy atom. The molecule has 1 aromatic rings. The summed E-state index contributed by atoms with van der Waals surface area (Å²) in [5.74, 6) is 0.176. The van der Waals surface area contributed by atoms with Gasteiger partial charge in [0.15, 0.2) is 0 Å². The highest BCUT2D eigenvalue weighted by Crippen LogP contribution is 2.33. The number of hydrogen-bond acceptors (Lipinski definition) is 3. The second-order valence-electron chi connectivity index (χ2n) is 3.80. The third-order valence-corrected chi connectivity index (χ3v) is 2.91. The summed E-state index contributed by atoms with van der Waals surface area (Å²) < 4.78 is 5.16. The summed E-state index contributed by atoms with van der Waals surface area (Å²) >= 11 is 5.84. The number of aliphatic hydroxyl groups is 1. The molecular formula is C12H12ClNO3. The number of ether oxygens (including phenoxy) is 1. The first kappa shape index (κ1) is 11.8. The van der Waals surface area contributed by atoms with Gasteiger partial charge < -0.3 is 15.2 Å². The van der Waals surface area contributed by atoms with Crippen molar-refractivity contribution in [3.8, 4) is 5.75 Å². The third-order valence-electron chi connectivity index (χ3n) is 2.67. The Morgan fingerprint density at radius 1 is 1.47 bits per heavy atom. The maximum Gasteiger partial charge on any atom is 0.256 e. The Morgan fingerprint density at radius 2 is 2.18 bits per heavy atom. The molecule has 1 atom stereocenters. The third kappa shape index (κ3) is 1.96. The summed E-state index contributed by atoms with van der Waals surface area (Å²) in [5, 5.41) is 13.0. The maximum atomic E-state index is 11.7. The molecule has 5 heteroatoms. The van der Waals surface area contributed by atoms with E-state index in [4.69, 9.17) is 16.3 Å². The zero-order chi connectivity index (χ0) is 12.6. The molecule has 2 rings (SSSR count). The van der Waals surface area contributed by atoms with E-state index in [9.17, 15) is 9.90 Å². The van der Waals surface area contributed by atoms with Gasteiger partial charge >= 0.3 is 0 Å². The summed E-state index contributed by atoms with van der Waals surface area (Å²) in [6, 6.07) is 4.53. The molecule has 1 amide bonds. The Balaban J connectivity index is 2.58. The van der Waals surface area contributed by atoms with Crippen LogP contribution in [0.15, 0.2) is 24.0 Å². The zero-order valence-electron chi connectivity index (χ0n) is 9.45. The molecule has 0 radical (unpaired) electrons. The van der Waals surface area contributed by atoms with E-state index in [2.05, 4.69) is 5.32 Å². The minimum absolute atomic E-state index is 0.0237. The highest BCUT2D eigenvalue weighted by atomic mass is 35.5. The van der Waals surface area contributed by atoms with Crippen LogP contribution in [0.25, 0.3) is 5.57 Å². The van der Waals surface area contributed by atoms with Crippen LogP contribution in [0.3, 0.4) is 0 Å². The average molecular weight is 254 g/mol. The molecule has 1 heterocycles. The number of amides is 1. The van der Waals surface area contributed by atoms with E-state index >= 15 is 0 Å². The van der Waals surface area contributed by atoms with Crippen molar-refractivity contribution in [2.24, 2.45) is 0 Å². The number of rotatable bonds is 2. The normalized spacial score (nSPS) is 19.5. The highest BCUT2D eigenvalue weighted by molar-refractivity contribution is 6.31. The molecule has 1 unspecified atom stereocenters. The molecule has 4 nitrogen and oxygen atoms in total. The van der Waals surface area contributed by atoms with E-state index in [1.165, 1.54) is 7.11 Å². The molecule has 90 valence electrons. The molecule has 0 aromatic heterocycles. The largest absolute Gasteiger partial charge is 0.509 e. The smallest absolute Gasteiger partial charge is 0.256 e. The first-order valence-corrected chi connectivity index (χ1v) is 5.50. The van der Waals surface area contributed by atoms with Crippen LogP contribution in [-0.4, -0.2) is 24.2 Å². The fourth-order valence-electron chi connectivity index (χ4n) is 1.80. The van der Waals surface area contributed by atoms with Crippen molar-refractivity contribution in [3.63, 3.8) is 0 Å². The average Bonchev–Trinajstić information content (AvgIpc) is 2.54. The van der Waals surface area contributed by atoms with Gasteiger partial charge in [-0.25, -0.2) is 0 Å². The summed E-state index contributed by atoms with van der Waals surface area (Å²) in [5.41, 5.74) is 0.780. The zero-order valence-corrected chi connectivity index (χ0v) is 10.2. The van der Waals surface area contributed by atoms with E-state index in [1.54, 1.807) is 25.1 Å². The van der Waals surface area contributed by atoms with E-state index in [1.807, 2.05) is 0 Å². The number of hydrogen-bond donors (Lipinski definition) is 2. The highest BCUT2D eigenvalue weighted by Gasteiger charge is 2.31. The van der Waals surface area contributed by atoms with Gasteiger partial charge in [-0.05, 0) is 25.1 Å². The van der Waals surface area contributed by atoms with Crippen LogP contribution < -0.4 is 10.1 Å². The number of nitrogens with one attached hydrogen (secondary N) is 1. The summed E-state index contributed by atoms with van der Waals surface area (Å²) in [6.45, 7) is 1.71. The van der Waals surface area contributed by atoms with Crippen molar-refractivity contribution in [2.45, 2.75) is 13.0 Å². The Kier molecular flexibility index (Phi) is 2.98. The summed E-state index contributed by atoms with van der Waals surface area (Å²) in [6.07, 6.45) is 0. The fraction of sp³-hybridized carbons (Fsp3) is 0.250. The lowest BCUT2D eigenvalue weighted by molar-refractivity contribution is -0.115. The Labute approximate surface area is 104 Å². The fourth-order valence-corrected chi connectivity index (χ4v) is 1.96. The van der Waals surface area contributed by atoms with Crippen LogP contribution in [-0.2, 0) is 4.79 Å². The molecule has 1 aliphatic rings. The quantitative estimate of drug-likeness (QED) is 0.849. The van der Waals surface area contributed by atoms with Crippen LogP contribution in [0.4, 0.5) is 0 Å². The minimum Gasteiger partial charge on any atom is -0.509 e. The van der Waals surface area contributed by atoms with Crippen molar-refractivity contribution < 1.29 is 14.6 Å². The molecule has 1 aromatic carbocycles. The van der Waals surface area contributed by atoms with Gasteiger partial charge in [0.2, 0.25) is 0 Å². The molecule has 17 heavy (non-hydrogen) atoms. The van der Waals surface area contributed by atoms with Crippen molar-refractivity contribution >= 4 is 23.1 Å². The number of aliphatic hydroxyl groups excluding tert-OH is 1. The van der Waals surface area contributed by atoms with E-state index in [0.717, 1.165) is 0 Å². The van der Waals surface area contributed by atoms with Gasteiger partial charge in [-0.2, -0.15) is 0 Å². The number of carbonyl (C=O) groups is 1. The molecule has 0 bridgehead atoms. The van der Waals surface area contributed by atoms with Crippen molar-refractivity contribution in [2.75, 3.05) is 7.11 Å². The van der Waals surface area contributed by atoms with Crippen LogP contribution in [0.2, 0.25) is 5.02 Å². The van der Waals surface area contributed by atoms with E-state index in [0.29, 0.717) is 16.3 Å². The van der Waals surface area contributed by atoms with E-state index in [-0.39, 0.29) is 23.3 Å². The molecule has 0 aliphatic carbocycles. The molecule has 1 aliphatic heterocycles. The Hall–Kier alpha value is -1.68. The lowest BCUT2D eigenvalue weighted by atomic mass is 10.0. The van der Waals surface area contributed by atoms with Gasteiger partial charge in [-0.1, -0.05) is 11.6 Å². The van der Waals surface area contributed by atoms with Gasteiger partial charge in [-0.15, -0.1) is 0 Å². The number of halogens is 1. The molecule has 2 N–H and O–H groups in total. The molecular weight excluding hydrogens is 242 g/mol. The SMILES string of the molecule is COc1cc(Cl)ccc1C1=C(O)C(C)NC1=O. The van der Waals surface area contributed by atoms with E-state index < -0.39 is 0 Å². The topological polar surface area (TPSA) is 58.6 Å². The summed E-state index contributed by atoms with van der Waals surface area (Å²) in [4.78, 5) is 11.7. The van der Waals surface area contributed by atoms with Crippen molar-refractivity contribution in [1.29, 1.82) is 0 Å². The van der Waals surface area contributed by atoms with Gasteiger partial charge in [-0.3, -0.25) is 4.79 Å².